The summed E-state index contributed by atoms with van der Waals surface area (Å²) < 4.78 is 11.8. The van der Waals surface area contributed by atoms with Crippen molar-refractivity contribution in [2.75, 3.05) is 16.8 Å². The molecule has 0 bridgehead atoms. The van der Waals surface area contributed by atoms with E-state index in [9.17, 15) is 14.4 Å². The van der Waals surface area contributed by atoms with E-state index in [-0.39, 0.29) is 34.9 Å². The number of anilines is 2. The van der Waals surface area contributed by atoms with Gasteiger partial charge in [-0.1, -0.05) is 41.4 Å². The second kappa shape index (κ2) is 12.4. The van der Waals surface area contributed by atoms with Gasteiger partial charge in [0.1, 0.15) is 23.7 Å². The van der Waals surface area contributed by atoms with Crippen molar-refractivity contribution in [1.29, 1.82) is 0 Å². The van der Waals surface area contributed by atoms with E-state index in [4.69, 9.17) is 37.5 Å². The van der Waals surface area contributed by atoms with Gasteiger partial charge in [0.2, 0.25) is 0 Å². The van der Waals surface area contributed by atoms with Crippen molar-refractivity contribution in [3.05, 3.63) is 74.9 Å². The molecule has 1 saturated heterocycles. The normalized spacial score (nSPS) is 15.3. The zero-order valence-corrected chi connectivity index (χ0v) is 25.3. The number of rotatable bonds is 11. The van der Waals surface area contributed by atoms with Crippen LogP contribution < -0.4 is 10.2 Å². The molecule has 220 valence electrons. The summed E-state index contributed by atoms with van der Waals surface area (Å²) in [5.74, 6) is -1.43. The Balaban J connectivity index is 1.24. The van der Waals surface area contributed by atoms with Gasteiger partial charge in [-0.2, -0.15) is 0 Å². The number of benzene rings is 2. The Morgan fingerprint density at radius 1 is 1.21 bits per heavy atom. The van der Waals surface area contributed by atoms with Crippen molar-refractivity contribution >= 4 is 74.0 Å². The summed E-state index contributed by atoms with van der Waals surface area (Å²) in [5.41, 5.74) is 0.657. The number of Topliss-reactive ketones (excluding diaryl/α,β-unsaturated/α-hetero) is 1. The highest BCUT2D eigenvalue weighted by molar-refractivity contribution is 7.15. The molecule has 5 rings (SSSR count). The fourth-order valence-electron chi connectivity index (χ4n) is 4.81. The lowest BCUT2D eigenvalue weighted by atomic mass is 9.96. The second-order valence-corrected chi connectivity index (χ2v) is 12.5. The van der Waals surface area contributed by atoms with E-state index in [2.05, 4.69) is 10.3 Å². The highest BCUT2D eigenvalue weighted by Crippen LogP contribution is 2.35. The van der Waals surface area contributed by atoms with Crippen LogP contribution in [0.3, 0.4) is 0 Å². The number of para-hydroxylation sites is 1. The molecule has 1 aliphatic heterocycles. The fourth-order valence-corrected chi connectivity index (χ4v) is 6.25. The second-order valence-electron chi connectivity index (χ2n) is 10.5. The molecule has 12 heteroatoms. The number of hydrogen-bond donors (Lipinski definition) is 2. The molecule has 4 aromatic rings. The fraction of sp³-hybridized carbons (Fsp3) is 0.333. The van der Waals surface area contributed by atoms with Crippen LogP contribution in [0.5, 0.6) is 0 Å². The number of aromatic nitrogens is 1. The molecule has 0 unspecified atom stereocenters. The lowest BCUT2D eigenvalue weighted by Crippen LogP contribution is -2.44. The van der Waals surface area contributed by atoms with Gasteiger partial charge in [0.15, 0.2) is 10.9 Å². The molecule has 1 amide bonds. The number of furan rings is 1. The first-order valence-electron chi connectivity index (χ1n) is 13.4. The SMILES string of the molecule is CC(C)(O[C@H]1CCCN1c1ncc(CCC(=O)O)s1)C(=O)Cc1cc(Cl)c(NC(=O)c2coc3ccccc23)cc1Cl. The highest BCUT2D eigenvalue weighted by Gasteiger charge is 2.37. The van der Waals surface area contributed by atoms with E-state index in [1.165, 1.54) is 23.7 Å². The number of carbonyl (C=O) groups excluding carboxylic acids is 2. The third-order valence-corrected chi connectivity index (χ3v) is 8.89. The first-order chi connectivity index (χ1) is 20.0. The van der Waals surface area contributed by atoms with Crippen molar-refractivity contribution in [3.63, 3.8) is 0 Å². The largest absolute Gasteiger partial charge is 0.481 e. The van der Waals surface area contributed by atoms with Crippen molar-refractivity contribution in [3.8, 4) is 0 Å². The molecule has 1 aliphatic rings. The summed E-state index contributed by atoms with van der Waals surface area (Å²) in [5, 5.41) is 13.7. The maximum absolute atomic E-state index is 13.4. The summed E-state index contributed by atoms with van der Waals surface area (Å²) in [6.45, 7) is 4.18. The van der Waals surface area contributed by atoms with Crippen LogP contribution in [0.4, 0.5) is 10.8 Å². The number of fused-ring (bicyclic) bond motifs is 1. The Morgan fingerprint density at radius 3 is 2.79 bits per heavy atom. The van der Waals surface area contributed by atoms with Crippen LogP contribution >= 0.6 is 34.5 Å². The molecule has 0 radical (unpaired) electrons. The maximum Gasteiger partial charge on any atom is 0.303 e. The van der Waals surface area contributed by atoms with E-state index in [0.29, 0.717) is 34.2 Å². The minimum Gasteiger partial charge on any atom is -0.481 e. The molecule has 3 heterocycles. The number of aryl methyl sites for hydroxylation is 1. The van der Waals surface area contributed by atoms with Crippen molar-refractivity contribution < 1.29 is 28.6 Å². The number of nitrogens with one attached hydrogen (secondary N) is 1. The van der Waals surface area contributed by atoms with Gasteiger partial charge >= 0.3 is 5.97 Å². The molecule has 42 heavy (non-hydrogen) atoms. The molecule has 0 spiro atoms. The first kappa shape index (κ1) is 30.0. The number of carboxylic acids is 1. The van der Waals surface area contributed by atoms with Gasteiger partial charge in [-0.05, 0) is 56.9 Å². The molecule has 0 aliphatic carbocycles. The predicted molar refractivity (Wildman–Crippen MR) is 163 cm³/mol. The molecule has 1 fully saturated rings. The number of nitrogens with zero attached hydrogens (tertiary/aromatic N) is 2. The number of ether oxygens (including phenoxy) is 1. The standard InChI is InChI=1S/C30H29Cl2N3O6S/c1-30(2,41-26-8-5-11-35(26)29-33-15-18(42-29)9-10-27(37)38)25(36)13-17-12-22(32)23(14-21(17)31)34-28(39)20-16-40-24-7-4-3-6-19(20)24/h3-4,6-7,12,14-16,26H,5,8-11,13H2,1-2H3,(H,34,39)(H,37,38)/t26-/m0/s1. The van der Waals surface area contributed by atoms with Gasteiger partial charge in [0.05, 0.1) is 22.7 Å². The topological polar surface area (TPSA) is 122 Å². The van der Waals surface area contributed by atoms with E-state index in [1.807, 2.05) is 17.0 Å². The minimum atomic E-state index is -1.14. The van der Waals surface area contributed by atoms with Crippen molar-refractivity contribution in [1.82, 2.24) is 4.98 Å². The lowest BCUT2D eigenvalue weighted by molar-refractivity contribution is -0.146. The Morgan fingerprint density at radius 2 is 2.00 bits per heavy atom. The summed E-state index contributed by atoms with van der Waals surface area (Å²) in [6, 6.07) is 10.3. The Kier molecular flexibility index (Phi) is 8.89. The first-order valence-corrected chi connectivity index (χ1v) is 15.0. The highest BCUT2D eigenvalue weighted by atomic mass is 35.5. The van der Waals surface area contributed by atoms with Gasteiger partial charge in [-0.25, -0.2) is 4.98 Å². The number of aliphatic carboxylic acids is 1. The van der Waals surface area contributed by atoms with E-state index in [0.717, 1.165) is 29.4 Å². The monoisotopic (exact) mass is 629 g/mol. The average molecular weight is 631 g/mol. The number of amides is 1. The van der Waals surface area contributed by atoms with Gasteiger partial charge < -0.3 is 24.5 Å². The van der Waals surface area contributed by atoms with Crippen molar-refractivity contribution in [2.24, 2.45) is 0 Å². The van der Waals surface area contributed by atoms with Gasteiger partial charge in [-0.15, -0.1) is 11.3 Å². The van der Waals surface area contributed by atoms with Crippen LogP contribution in [0.15, 0.2) is 53.3 Å². The van der Waals surface area contributed by atoms with E-state index < -0.39 is 17.5 Å². The lowest BCUT2D eigenvalue weighted by Gasteiger charge is -2.32. The molecule has 1 atom stereocenters. The molecule has 2 N–H and O–H groups in total. The number of hydrogen-bond acceptors (Lipinski definition) is 8. The zero-order valence-electron chi connectivity index (χ0n) is 23.0. The van der Waals surface area contributed by atoms with Gasteiger partial charge in [-0.3, -0.25) is 14.4 Å². The maximum atomic E-state index is 13.4. The van der Waals surface area contributed by atoms with E-state index in [1.54, 1.807) is 38.2 Å². The quantitative estimate of drug-likeness (QED) is 0.182. The third-order valence-electron chi connectivity index (χ3n) is 7.13. The van der Waals surface area contributed by atoms with Crippen LogP contribution in [-0.4, -0.2) is 46.1 Å². The molecule has 0 saturated carbocycles. The smallest absolute Gasteiger partial charge is 0.303 e. The molecule has 2 aromatic carbocycles. The summed E-state index contributed by atoms with van der Waals surface area (Å²) in [7, 11) is 0. The summed E-state index contributed by atoms with van der Waals surface area (Å²) >= 11 is 14.5. The van der Waals surface area contributed by atoms with Crippen LogP contribution in [0.25, 0.3) is 11.0 Å². The molecule has 2 aromatic heterocycles. The number of carbonyl (C=O) groups is 3. The number of halogens is 2. The van der Waals surface area contributed by atoms with Crippen LogP contribution in [0, 0.1) is 0 Å². The Bertz CT molecular complexity index is 1650. The Labute approximate surface area is 256 Å². The van der Waals surface area contributed by atoms with Gasteiger partial charge in [0, 0.05) is 34.4 Å². The van der Waals surface area contributed by atoms with Crippen LogP contribution in [-0.2, 0) is 27.2 Å². The predicted octanol–water partition coefficient (Wildman–Crippen LogP) is 7.00. The molecular weight excluding hydrogens is 601 g/mol. The number of carboxylic acid groups (broad SMARTS) is 1. The van der Waals surface area contributed by atoms with Crippen LogP contribution in [0.2, 0.25) is 10.0 Å². The van der Waals surface area contributed by atoms with E-state index >= 15 is 0 Å². The molecule has 9 nitrogen and oxygen atoms in total. The van der Waals surface area contributed by atoms with Crippen molar-refractivity contribution in [2.45, 2.75) is 57.8 Å². The Hall–Kier alpha value is -3.44. The third kappa shape index (κ3) is 6.62. The summed E-state index contributed by atoms with van der Waals surface area (Å²) in [4.78, 5) is 44.6. The number of thiazole rings is 1. The minimum absolute atomic E-state index is 0.0184. The zero-order chi connectivity index (χ0) is 30.0. The molecular formula is C30H29Cl2N3O6S. The summed E-state index contributed by atoms with van der Waals surface area (Å²) in [6.07, 6.45) is 4.79. The van der Waals surface area contributed by atoms with Crippen LogP contribution in [0.1, 0.15) is 53.9 Å². The average Bonchev–Trinajstić information content (AvgIpc) is 3.69. The number of ketones is 1. The van der Waals surface area contributed by atoms with Gasteiger partial charge in [0.25, 0.3) is 5.91 Å².